The van der Waals surface area contributed by atoms with Crippen LogP contribution in [0.1, 0.15) is 28.4 Å². The molecule has 1 aliphatic heterocycles. The molecule has 0 spiro atoms. The van der Waals surface area contributed by atoms with Crippen molar-refractivity contribution in [3.05, 3.63) is 65.7 Å². The van der Waals surface area contributed by atoms with E-state index in [9.17, 15) is 18.8 Å². The van der Waals surface area contributed by atoms with Crippen molar-refractivity contribution in [1.29, 1.82) is 0 Å². The van der Waals surface area contributed by atoms with Crippen LogP contribution in [-0.4, -0.2) is 54.5 Å². The smallest absolute Gasteiger partial charge is 0.291 e. The maximum atomic E-state index is 13.2. The van der Waals surface area contributed by atoms with Crippen molar-refractivity contribution in [2.45, 2.75) is 12.5 Å². The third-order valence-electron chi connectivity index (χ3n) is 4.92. The second kappa shape index (κ2) is 8.39. The van der Waals surface area contributed by atoms with Gasteiger partial charge in [0, 0.05) is 30.9 Å². The van der Waals surface area contributed by atoms with Crippen LogP contribution in [0.15, 0.2) is 48.8 Å². The Morgan fingerprint density at radius 2 is 1.89 bits per heavy atom. The summed E-state index contributed by atoms with van der Waals surface area (Å²) in [7, 11) is 4.02. The lowest BCUT2D eigenvalue weighted by Crippen LogP contribution is -3.05. The molecule has 1 aromatic heterocycles. The molecule has 7 heteroatoms. The number of hydrogen-bond donors (Lipinski definition) is 1. The molecule has 3 rings (SSSR count). The molecule has 146 valence electrons. The van der Waals surface area contributed by atoms with E-state index in [2.05, 4.69) is 4.98 Å². The first-order valence-corrected chi connectivity index (χ1v) is 9.23. The summed E-state index contributed by atoms with van der Waals surface area (Å²) >= 11 is 0. The third kappa shape index (κ3) is 3.99. The highest BCUT2D eigenvalue weighted by atomic mass is 19.1. The zero-order valence-corrected chi connectivity index (χ0v) is 15.9. The Morgan fingerprint density at radius 3 is 2.50 bits per heavy atom. The average Bonchev–Trinajstić information content (AvgIpc) is 2.93. The van der Waals surface area contributed by atoms with Crippen LogP contribution in [0.2, 0.25) is 0 Å². The van der Waals surface area contributed by atoms with Gasteiger partial charge < -0.3 is 9.80 Å². The number of rotatable bonds is 7. The molecule has 0 aliphatic carbocycles. The highest BCUT2D eigenvalue weighted by molar-refractivity contribution is 6.44. The summed E-state index contributed by atoms with van der Waals surface area (Å²) in [6.07, 6.45) is 3.87. The first-order chi connectivity index (χ1) is 13.4. The van der Waals surface area contributed by atoms with E-state index in [1.165, 1.54) is 34.1 Å². The van der Waals surface area contributed by atoms with E-state index in [0.717, 1.165) is 6.54 Å². The van der Waals surface area contributed by atoms with Crippen LogP contribution in [0.25, 0.3) is 0 Å². The topological polar surface area (TPSA) is 71.8 Å². The molecule has 0 bridgehead atoms. The van der Waals surface area contributed by atoms with Gasteiger partial charge in [0.2, 0.25) is 5.78 Å². The lowest BCUT2D eigenvalue weighted by Gasteiger charge is -2.27. The zero-order valence-electron chi connectivity index (χ0n) is 15.9. The van der Waals surface area contributed by atoms with Gasteiger partial charge in [-0.25, -0.2) is 4.39 Å². The molecule has 2 unspecified atom stereocenters. The number of benzene rings is 1. The van der Waals surface area contributed by atoms with E-state index >= 15 is 0 Å². The van der Waals surface area contributed by atoms with Crippen LogP contribution in [0.3, 0.4) is 0 Å². The Morgan fingerprint density at radius 1 is 1.18 bits per heavy atom. The molecule has 2 aromatic rings. The van der Waals surface area contributed by atoms with Crippen LogP contribution in [0.4, 0.5) is 4.39 Å². The van der Waals surface area contributed by atoms with Gasteiger partial charge in [-0.1, -0.05) is 6.07 Å². The number of amides is 1. The minimum absolute atomic E-state index is 0.209. The molecule has 1 saturated heterocycles. The third-order valence-corrected chi connectivity index (χ3v) is 4.92. The monoisotopic (exact) mass is 384 g/mol. The van der Waals surface area contributed by atoms with Crippen molar-refractivity contribution in [3.63, 3.8) is 0 Å². The molecule has 1 N–H and O–H groups in total. The Bertz CT molecular complexity index is 868. The lowest BCUT2D eigenvalue weighted by molar-refractivity contribution is -0.858. The molecule has 0 saturated carbocycles. The Labute approximate surface area is 163 Å². The van der Waals surface area contributed by atoms with Crippen LogP contribution >= 0.6 is 0 Å². The molecular formula is C21H23FN3O3+. The van der Waals surface area contributed by atoms with Crippen molar-refractivity contribution in [2.24, 2.45) is 5.92 Å². The number of pyridine rings is 1. The summed E-state index contributed by atoms with van der Waals surface area (Å²) in [6, 6.07) is 7.80. The fourth-order valence-corrected chi connectivity index (χ4v) is 3.55. The molecule has 1 aliphatic rings. The minimum Gasteiger partial charge on any atom is -0.340 e. The molecule has 1 aromatic carbocycles. The van der Waals surface area contributed by atoms with E-state index in [-0.39, 0.29) is 5.56 Å². The average molecular weight is 384 g/mol. The van der Waals surface area contributed by atoms with Gasteiger partial charge in [-0.15, -0.1) is 0 Å². The number of hydrogen-bond acceptors (Lipinski definition) is 4. The fraction of sp³-hybridized carbons (Fsp3) is 0.333. The minimum atomic E-state index is -1.16. The first kappa shape index (κ1) is 19.8. The second-order valence-corrected chi connectivity index (χ2v) is 7.25. The number of carbonyl (C=O) groups is 3. The van der Waals surface area contributed by atoms with Gasteiger partial charge in [-0.05, 0) is 35.9 Å². The second-order valence-electron chi connectivity index (χ2n) is 7.25. The Hall–Kier alpha value is -2.93. The van der Waals surface area contributed by atoms with Gasteiger partial charge in [0.25, 0.3) is 5.91 Å². The highest BCUT2D eigenvalue weighted by Crippen LogP contribution is 2.37. The quantitative estimate of drug-likeness (QED) is 0.434. The van der Waals surface area contributed by atoms with Crippen molar-refractivity contribution in [3.8, 4) is 0 Å². The summed E-state index contributed by atoms with van der Waals surface area (Å²) in [6.45, 7) is 1.21. The van der Waals surface area contributed by atoms with E-state index in [1.807, 2.05) is 14.1 Å². The maximum Gasteiger partial charge on any atom is 0.291 e. The van der Waals surface area contributed by atoms with Crippen molar-refractivity contribution in [1.82, 2.24) is 9.88 Å². The fourth-order valence-electron chi connectivity index (χ4n) is 3.55. The number of likely N-dealkylation sites (tertiary alicyclic amines) is 1. The maximum absolute atomic E-state index is 13.2. The van der Waals surface area contributed by atoms with Gasteiger partial charge >= 0.3 is 0 Å². The number of ketones is 2. The van der Waals surface area contributed by atoms with Gasteiger partial charge in [-0.2, -0.15) is 0 Å². The standard InChI is InChI=1S/C21H22FN3O3/c1-24(2)11-4-12-25-18(15-5-3-10-23-13-15)17(20(27)21(25)28)19(26)14-6-8-16(22)9-7-14/h3,5-10,13,17-18H,4,11-12H2,1-2H3/p+1. The van der Waals surface area contributed by atoms with Gasteiger partial charge in [0.1, 0.15) is 11.7 Å². The molecule has 28 heavy (non-hydrogen) atoms. The largest absolute Gasteiger partial charge is 0.340 e. The van der Waals surface area contributed by atoms with E-state index in [4.69, 9.17) is 0 Å². The number of carbonyl (C=O) groups excluding carboxylic acids is 3. The summed E-state index contributed by atoms with van der Waals surface area (Å²) in [5.74, 6) is -3.48. The van der Waals surface area contributed by atoms with Crippen LogP contribution in [-0.2, 0) is 9.59 Å². The molecule has 2 atom stereocenters. The van der Waals surface area contributed by atoms with Crippen LogP contribution in [0, 0.1) is 11.7 Å². The number of Topliss-reactive ketones (excluding diaryl/α,β-unsaturated/α-hetero) is 2. The number of nitrogens with zero attached hydrogens (tertiary/aromatic N) is 2. The normalized spacial score (nSPS) is 19.5. The molecule has 1 amide bonds. The lowest BCUT2D eigenvalue weighted by atomic mass is 9.87. The van der Waals surface area contributed by atoms with E-state index in [0.29, 0.717) is 18.5 Å². The Balaban J connectivity index is 1.96. The van der Waals surface area contributed by atoms with Crippen molar-refractivity contribution < 1.29 is 23.7 Å². The summed E-state index contributed by atoms with van der Waals surface area (Å²) < 4.78 is 13.2. The summed E-state index contributed by atoms with van der Waals surface area (Å²) in [5.41, 5.74) is 0.848. The zero-order chi connectivity index (χ0) is 20.3. The first-order valence-electron chi connectivity index (χ1n) is 9.23. The van der Waals surface area contributed by atoms with Gasteiger partial charge in [0.15, 0.2) is 5.78 Å². The van der Waals surface area contributed by atoms with Crippen LogP contribution in [0.5, 0.6) is 0 Å². The van der Waals surface area contributed by atoms with Gasteiger partial charge in [-0.3, -0.25) is 19.4 Å². The predicted molar refractivity (Wildman–Crippen MR) is 100 cm³/mol. The number of quaternary nitrogens is 1. The molecule has 6 nitrogen and oxygen atoms in total. The number of aromatic nitrogens is 1. The molecular weight excluding hydrogens is 361 g/mol. The predicted octanol–water partition coefficient (Wildman–Crippen LogP) is 0.707. The SMILES string of the molecule is C[NH+](C)CCCN1C(=O)C(=O)C(C(=O)c2ccc(F)cc2)C1c1cccnc1. The number of nitrogens with one attached hydrogen (secondary N) is 1. The summed E-state index contributed by atoms with van der Waals surface area (Å²) in [5, 5.41) is 0. The molecule has 0 radical (unpaired) electrons. The highest BCUT2D eigenvalue weighted by Gasteiger charge is 2.51. The van der Waals surface area contributed by atoms with Crippen molar-refractivity contribution >= 4 is 17.5 Å². The number of halogens is 1. The Kier molecular flexibility index (Phi) is 5.94. The van der Waals surface area contributed by atoms with Gasteiger partial charge in [0.05, 0.1) is 26.7 Å². The van der Waals surface area contributed by atoms with E-state index < -0.39 is 35.3 Å². The van der Waals surface area contributed by atoms with Crippen LogP contribution < -0.4 is 4.90 Å². The molecule has 1 fully saturated rings. The summed E-state index contributed by atoms with van der Waals surface area (Å²) in [4.78, 5) is 45.3. The van der Waals surface area contributed by atoms with E-state index in [1.54, 1.807) is 24.5 Å². The molecule has 2 heterocycles. The van der Waals surface area contributed by atoms with Crippen molar-refractivity contribution in [2.75, 3.05) is 27.2 Å².